The maximum atomic E-state index is 14.4. The Morgan fingerprint density at radius 1 is 0.942 bits per heavy atom. The topological polar surface area (TPSA) is 191 Å². The number of aliphatic carboxylic acids is 1. The molecule has 272 valence electrons. The van der Waals surface area contributed by atoms with Crippen LogP contribution in [0, 0.1) is 0 Å². The highest BCUT2D eigenvalue weighted by Crippen LogP contribution is 2.37. The molecule has 1 unspecified atom stereocenters. The molecule has 0 radical (unpaired) electrons. The summed E-state index contributed by atoms with van der Waals surface area (Å²) in [5.41, 5.74) is 6.73. The summed E-state index contributed by atoms with van der Waals surface area (Å²) in [6.45, 7) is 2.56. The van der Waals surface area contributed by atoms with Gasteiger partial charge in [0, 0.05) is 34.4 Å². The number of aromatic hydroxyl groups is 1. The second-order valence-corrected chi connectivity index (χ2v) is 13.5. The number of esters is 1. The minimum absolute atomic E-state index is 0.00247. The van der Waals surface area contributed by atoms with Crippen molar-refractivity contribution in [2.75, 3.05) is 4.90 Å². The fraction of sp³-hybridized carbons (Fsp3) is 0.324. The van der Waals surface area contributed by atoms with Gasteiger partial charge in [-0.05, 0) is 61.9 Å². The van der Waals surface area contributed by atoms with Crippen molar-refractivity contribution in [3.63, 3.8) is 0 Å². The third kappa shape index (κ3) is 9.17. The Bertz CT molecular complexity index is 2070. The molecular formula is C37H39ClN6O7S. The fourth-order valence-corrected chi connectivity index (χ4v) is 6.90. The third-order valence-corrected chi connectivity index (χ3v) is 9.72. The Balaban J connectivity index is 1.47. The number of ether oxygens (including phenoxy) is 1. The van der Waals surface area contributed by atoms with E-state index in [-0.39, 0.29) is 35.3 Å². The van der Waals surface area contributed by atoms with Gasteiger partial charge in [-0.2, -0.15) is 0 Å². The summed E-state index contributed by atoms with van der Waals surface area (Å²) in [6.07, 6.45) is 8.73. The number of carboxylic acid groups (broad SMARTS) is 1. The Morgan fingerprint density at radius 3 is 2.29 bits per heavy atom. The average Bonchev–Trinajstić information content (AvgIpc) is 3.56. The Hall–Kier alpha value is -5.21. The Morgan fingerprint density at radius 2 is 1.62 bits per heavy atom. The number of hydrogen-bond donors (Lipinski definition) is 3. The SMILES string of the molecule is CCn1cnc2c(SC(=O)N(c3ccc(Cl)cc3)C(CCCCCCCCCC(=O)O)C(=O)Oc3cc(C(N)=O)c(O)c4ccccc34)ncnc21. The average molecular weight is 747 g/mol. The van der Waals surface area contributed by atoms with Gasteiger partial charge < -0.3 is 25.3 Å². The highest BCUT2D eigenvalue weighted by Gasteiger charge is 2.34. The molecule has 4 N–H and O–H groups in total. The summed E-state index contributed by atoms with van der Waals surface area (Å²) in [4.78, 5) is 66.3. The van der Waals surface area contributed by atoms with Crippen LogP contribution in [0.1, 0.15) is 75.1 Å². The lowest BCUT2D eigenvalue weighted by Crippen LogP contribution is -2.45. The molecule has 13 nitrogen and oxygen atoms in total. The standard InChI is InChI=1S/C37H39ClN6O7S/c1-2-43-22-42-31-34(43)40-21-41-35(31)52-37(50)44(24-18-16-23(38)17-19-24)28(14-8-6-4-3-5-7-9-15-30(45)46)36(49)51-29-20-27(33(39)48)32(47)26-13-11-10-12-25(26)29/h10-13,16-22,28,47H,2-9,14-15H2,1H3,(H2,39,48)(H,45,46). The fourth-order valence-electron chi connectivity index (χ4n) is 5.94. The number of primary amides is 1. The molecular weight excluding hydrogens is 708 g/mol. The van der Waals surface area contributed by atoms with Gasteiger partial charge in [-0.3, -0.25) is 19.3 Å². The minimum atomic E-state index is -1.15. The summed E-state index contributed by atoms with van der Waals surface area (Å²) >= 11 is 7.04. The molecule has 15 heteroatoms. The van der Waals surface area contributed by atoms with E-state index in [1.807, 2.05) is 11.5 Å². The van der Waals surface area contributed by atoms with Crippen LogP contribution in [0.3, 0.4) is 0 Å². The number of aryl methyl sites for hydroxylation is 1. The molecule has 2 amide bonds. The van der Waals surface area contributed by atoms with Gasteiger partial charge in [-0.25, -0.2) is 19.7 Å². The molecule has 5 rings (SSSR count). The summed E-state index contributed by atoms with van der Waals surface area (Å²) in [7, 11) is 0. The zero-order valence-electron chi connectivity index (χ0n) is 28.5. The number of carbonyl (C=O) groups is 4. The normalized spacial score (nSPS) is 11.8. The van der Waals surface area contributed by atoms with Crippen molar-refractivity contribution < 1.29 is 34.1 Å². The second-order valence-electron chi connectivity index (χ2n) is 12.1. The summed E-state index contributed by atoms with van der Waals surface area (Å²) < 4.78 is 7.85. The number of unbranched alkanes of at least 4 members (excludes halogenated alkanes) is 6. The second kappa shape index (κ2) is 17.8. The summed E-state index contributed by atoms with van der Waals surface area (Å²) in [5.74, 6) is -2.82. The lowest BCUT2D eigenvalue weighted by molar-refractivity contribution is -0.137. The molecule has 2 heterocycles. The largest absolute Gasteiger partial charge is 0.506 e. The Kier molecular flexibility index (Phi) is 13.0. The van der Waals surface area contributed by atoms with Gasteiger partial charge in [0.1, 0.15) is 34.4 Å². The third-order valence-electron chi connectivity index (χ3n) is 8.60. The van der Waals surface area contributed by atoms with E-state index in [9.17, 15) is 24.3 Å². The van der Waals surface area contributed by atoms with E-state index in [0.29, 0.717) is 51.7 Å². The minimum Gasteiger partial charge on any atom is -0.506 e. The molecule has 0 aliphatic carbocycles. The van der Waals surface area contributed by atoms with Crippen LogP contribution in [0.2, 0.25) is 5.02 Å². The van der Waals surface area contributed by atoms with Crippen molar-refractivity contribution in [2.24, 2.45) is 5.73 Å². The van der Waals surface area contributed by atoms with Gasteiger partial charge in [-0.1, -0.05) is 74.4 Å². The number of anilines is 1. The van der Waals surface area contributed by atoms with Crippen LogP contribution >= 0.6 is 23.4 Å². The van der Waals surface area contributed by atoms with Gasteiger partial charge >= 0.3 is 11.9 Å². The summed E-state index contributed by atoms with van der Waals surface area (Å²) in [6, 6.07) is 13.2. The van der Waals surface area contributed by atoms with E-state index in [2.05, 4.69) is 15.0 Å². The number of carbonyl (C=O) groups excluding carboxylic acids is 3. The first-order chi connectivity index (χ1) is 25.1. The number of nitrogens with two attached hydrogens (primary N) is 1. The highest BCUT2D eigenvalue weighted by atomic mass is 35.5. The Labute approximate surface area is 309 Å². The molecule has 0 saturated heterocycles. The molecule has 0 saturated carbocycles. The van der Waals surface area contributed by atoms with Crippen LogP contribution in [-0.2, 0) is 16.1 Å². The maximum Gasteiger partial charge on any atom is 0.334 e. The monoisotopic (exact) mass is 746 g/mol. The van der Waals surface area contributed by atoms with Crippen LogP contribution in [0.25, 0.3) is 21.9 Å². The van der Waals surface area contributed by atoms with Crippen molar-refractivity contribution in [3.05, 3.63) is 77.8 Å². The zero-order valence-corrected chi connectivity index (χ0v) is 30.1. The number of carboxylic acids is 1. The molecule has 0 fully saturated rings. The van der Waals surface area contributed by atoms with Crippen LogP contribution in [0.4, 0.5) is 10.5 Å². The molecule has 0 spiro atoms. The molecule has 0 bridgehead atoms. The van der Waals surface area contributed by atoms with Gasteiger partial charge in [0.2, 0.25) is 0 Å². The van der Waals surface area contributed by atoms with Gasteiger partial charge in [0.05, 0.1) is 11.9 Å². The first-order valence-corrected chi connectivity index (χ1v) is 18.2. The van der Waals surface area contributed by atoms with E-state index in [4.69, 9.17) is 27.2 Å². The molecule has 1 atom stereocenters. The molecule has 0 aliphatic rings. The van der Waals surface area contributed by atoms with Gasteiger partial charge in [-0.15, -0.1) is 0 Å². The number of hydrogen-bond acceptors (Lipinski definition) is 10. The number of phenols is 1. The van der Waals surface area contributed by atoms with E-state index in [1.54, 1.807) is 54.9 Å². The predicted octanol–water partition coefficient (Wildman–Crippen LogP) is 7.75. The smallest absolute Gasteiger partial charge is 0.334 e. The number of rotatable bonds is 17. The van der Waals surface area contributed by atoms with Crippen molar-refractivity contribution in [2.45, 2.75) is 82.3 Å². The van der Waals surface area contributed by atoms with Crippen LogP contribution in [0.15, 0.2) is 72.3 Å². The molecule has 0 aliphatic heterocycles. The number of benzene rings is 3. The van der Waals surface area contributed by atoms with Crippen LogP contribution in [0.5, 0.6) is 11.5 Å². The van der Waals surface area contributed by atoms with Gasteiger partial charge in [0.15, 0.2) is 5.65 Å². The quantitative estimate of drug-likeness (QED) is 0.0277. The lowest BCUT2D eigenvalue weighted by Gasteiger charge is -2.30. The molecule has 3 aromatic carbocycles. The molecule has 52 heavy (non-hydrogen) atoms. The zero-order chi connectivity index (χ0) is 37.2. The van der Waals surface area contributed by atoms with E-state index in [0.717, 1.165) is 43.9 Å². The molecule has 2 aromatic heterocycles. The van der Waals surface area contributed by atoms with Crippen molar-refractivity contribution in [1.82, 2.24) is 19.5 Å². The van der Waals surface area contributed by atoms with Crippen molar-refractivity contribution in [1.29, 1.82) is 0 Å². The number of halogens is 1. The predicted molar refractivity (Wildman–Crippen MR) is 199 cm³/mol. The summed E-state index contributed by atoms with van der Waals surface area (Å²) in [5, 5.41) is 20.5. The number of thioether (sulfide) groups is 1. The van der Waals surface area contributed by atoms with E-state index < -0.39 is 29.1 Å². The van der Waals surface area contributed by atoms with E-state index >= 15 is 0 Å². The van der Waals surface area contributed by atoms with Crippen LogP contribution in [-0.4, -0.2) is 58.9 Å². The number of aromatic nitrogens is 4. The molecule has 5 aromatic rings. The van der Waals surface area contributed by atoms with Crippen LogP contribution < -0.4 is 15.4 Å². The number of amides is 2. The first kappa shape index (κ1) is 38.0. The maximum absolute atomic E-state index is 14.4. The lowest BCUT2D eigenvalue weighted by atomic mass is 10.0. The number of imidazole rings is 1. The van der Waals surface area contributed by atoms with Crippen molar-refractivity contribution in [3.8, 4) is 11.5 Å². The van der Waals surface area contributed by atoms with Crippen molar-refractivity contribution >= 4 is 74.1 Å². The van der Waals surface area contributed by atoms with Gasteiger partial charge in [0.25, 0.3) is 11.1 Å². The number of nitrogens with zero attached hydrogens (tertiary/aromatic N) is 5. The highest BCUT2D eigenvalue weighted by molar-refractivity contribution is 8.14. The number of fused-ring (bicyclic) bond motifs is 2. The first-order valence-electron chi connectivity index (χ1n) is 17.0. The van der Waals surface area contributed by atoms with E-state index in [1.165, 1.54) is 17.3 Å².